The van der Waals surface area contributed by atoms with Gasteiger partial charge >= 0.3 is 0 Å². The van der Waals surface area contributed by atoms with Gasteiger partial charge in [-0.05, 0) is 68.1 Å². The zero-order chi connectivity index (χ0) is 16.7. The zero-order valence-corrected chi connectivity index (χ0v) is 15.8. The minimum Gasteiger partial charge on any atom is -0.351 e. The Morgan fingerprint density at radius 2 is 1.92 bits per heavy atom. The summed E-state index contributed by atoms with van der Waals surface area (Å²) in [6.45, 7) is 2.62. The van der Waals surface area contributed by atoms with Crippen LogP contribution in [-0.4, -0.2) is 27.4 Å². The summed E-state index contributed by atoms with van der Waals surface area (Å²) in [6, 6.07) is 0. The van der Waals surface area contributed by atoms with Gasteiger partial charge in [-0.25, -0.2) is 4.98 Å². The molecule has 0 saturated heterocycles. The van der Waals surface area contributed by atoms with E-state index in [2.05, 4.69) is 10.3 Å². The van der Waals surface area contributed by atoms with E-state index < -0.39 is 10.8 Å². The van der Waals surface area contributed by atoms with Crippen molar-refractivity contribution in [3.8, 4) is 0 Å². The Hall–Kier alpha value is -0.750. The molecule has 132 valence electrons. The number of hydrogen-bond acceptors (Lipinski definition) is 4. The second-order valence-electron chi connectivity index (χ2n) is 7.76. The van der Waals surface area contributed by atoms with Gasteiger partial charge in [0.05, 0.1) is 17.0 Å². The number of aromatic nitrogens is 1. The lowest BCUT2D eigenvalue weighted by atomic mass is 9.51. The molecule has 1 unspecified atom stereocenters. The van der Waals surface area contributed by atoms with Crippen LogP contribution in [0.1, 0.15) is 55.1 Å². The fourth-order valence-corrected chi connectivity index (χ4v) is 7.52. The Morgan fingerprint density at radius 1 is 1.25 bits per heavy atom. The van der Waals surface area contributed by atoms with Crippen molar-refractivity contribution in [1.82, 2.24) is 10.3 Å². The maximum atomic E-state index is 12.3. The number of thiazole rings is 1. The van der Waals surface area contributed by atoms with Gasteiger partial charge in [0.25, 0.3) is 5.91 Å². The number of carbonyl (C=O) groups excluding carboxylic acids is 1. The highest BCUT2D eigenvalue weighted by atomic mass is 32.2. The van der Waals surface area contributed by atoms with Crippen LogP contribution in [0.25, 0.3) is 0 Å². The van der Waals surface area contributed by atoms with Crippen LogP contribution in [0, 0.1) is 29.6 Å². The van der Waals surface area contributed by atoms with Gasteiger partial charge in [-0.1, -0.05) is 6.92 Å². The monoisotopic (exact) mass is 366 g/mol. The Morgan fingerprint density at radius 3 is 2.54 bits per heavy atom. The fourth-order valence-electron chi connectivity index (χ4n) is 5.54. The van der Waals surface area contributed by atoms with Crippen LogP contribution in [-0.2, 0) is 10.8 Å². The van der Waals surface area contributed by atoms with Crippen molar-refractivity contribution < 1.29 is 9.00 Å². The molecule has 0 radical (unpaired) electrons. The molecule has 5 rings (SSSR count). The van der Waals surface area contributed by atoms with E-state index in [1.807, 2.05) is 6.92 Å². The van der Waals surface area contributed by atoms with E-state index in [-0.39, 0.29) is 5.91 Å². The highest BCUT2D eigenvalue weighted by Gasteiger charge is 2.47. The van der Waals surface area contributed by atoms with Crippen LogP contribution < -0.4 is 5.32 Å². The van der Waals surface area contributed by atoms with Crippen molar-refractivity contribution in [2.75, 3.05) is 12.3 Å². The summed E-state index contributed by atoms with van der Waals surface area (Å²) in [4.78, 5) is 17.0. The molecule has 1 N–H and O–H groups in total. The van der Waals surface area contributed by atoms with Crippen LogP contribution in [0.5, 0.6) is 0 Å². The second kappa shape index (κ2) is 6.87. The molecule has 4 saturated carbocycles. The molecule has 1 atom stereocenters. The molecule has 4 bridgehead atoms. The Balaban J connectivity index is 1.29. The molecule has 6 heteroatoms. The van der Waals surface area contributed by atoms with Gasteiger partial charge < -0.3 is 5.32 Å². The topological polar surface area (TPSA) is 59.1 Å². The zero-order valence-electron chi connectivity index (χ0n) is 14.2. The van der Waals surface area contributed by atoms with Crippen LogP contribution in [0.15, 0.2) is 10.5 Å². The van der Waals surface area contributed by atoms with Gasteiger partial charge in [-0.15, -0.1) is 11.3 Å². The van der Waals surface area contributed by atoms with Gasteiger partial charge in [0, 0.05) is 12.3 Å². The molecule has 1 heterocycles. The third-order valence-electron chi connectivity index (χ3n) is 6.35. The molecular weight excluding hydrogens is 340 g/mol. The first-order valence-electron chi connectivity index (χ1n) is 9.26. The SMILES string of the molecule is CCS(=O)c1ncc(C(=O)NCCC2C3CC4CC(C3)CC2C4)s1. The number of nitrogens with zero attached hydrogens (tertiary/aromatic N) is 1. The lowest BCUT2D eigenvalue weighted by molar-refractivity contribution is -0.0391. The fraction of sp³-hybridized carbons (Fsp3) is 0.778. The summed E-state index contributed by atoms with van der Waals surface area (Å²) in [5, 5.41) is 3.06. The van der Waals surface area contributed by atoms with Crippen LogP contribution in [0.3, 0.4) is 0 Å². The first kappa shape index (κ1) is 16.7. The molecule has 1 aromatic rings. The molecule has 4 fully saturated rings. The number of carbonyl (C=O) groups is 1. The van der Waals surface area contributed by atoms with E-state index in [4.69, 9.17) is 0 Å². The number of hydrogen-bond donors (Lipinski definition) is 1. The van der Waals surface area contributed by atoms with E-state index in [0.717, 1.165) is 42.6 Å². The van der Waals surface area contributed by atoms with Crippen LogP contribution in [0.4, 0.5) is 0 Å². The van der Waals surface area contributed by atoms with E-state index in [1.165, 1.54) is 43.4 Å². The van der Waals surface area contributed by atoms with E-state index in [0.29, 0.717) is 15.0 Å². The van der Waals surface area contributed by atoms with E-state index in [1.54, 1.807) is 6.20 Å². The predicted octanol–water partition coefficient (Wildman–Crippen LogP) is 3.46. The third kappa shape index (κ3) is 3.19. The maximum Gasteiger partial charge on any atom is 0.263 e. The highest BCUT2D eigenvalue weighted by molar-refractivity contribution is 7.87. The smallest absolute Gasteiger partial charge is 0.263 e. The third-order valence-corrected chi connectivity index (χ3v) is 8.97. The van der Waals surface area contributed by atoms with Gasteiger partial charge in [0.2, 0.25) is 0 Å². The lowest BCUT2D eigenvalue weighted by Crippen LogP contribution is -2.46. The molecule has 1 amide bonds. The van der Waals surface area contributed by atoms with Crippen molar-refractivity contribution in [1.29, 1.82) is 0 Å². The van der Waals surface area contributed by atoms with Crippen LogP contribution >= 0.6 is 11.3 Å². The quantitative estimate of drug-likeness (QED) is 0.839. The second-order valence-corrected chi connectivity index (χ2v) is 10.7. The number of rotatable bonds is 6. The largest absolute Gasteiger partial charge is 0.351 e. The number of amides is 1. The molecule has 4 nitrogen and oxygen atoms in total. The minimum atomic E-state index is -1.07. The van der Waals surface area contributed by atoms with Crippen LogP contribution in [0.2, 0.25) is 0 Å². The molecule has 4 aliphatic rings. The Labute approximate surface area is 150 Å². The Bertz CT molecular complexity index is 615. The van der Waals surface area contributed by atoms with Crippen molar-refractivity contribution >= 4 is 28.0 Å². The van der Waals surface area contributed by atoms with Gasteiger partial charge in [-0.3, -0.25) is 9.00 Å². The van der Waals surface area contributed by atoms with E-state index >= 15 is 0 Å². The summed E-state index contributed by atoms with van der Waals surface area (Å²) in [5.74, 6) is 5.15. The molecule has 24 heavy (non-hydrogen) atoms. The molecule has 0 aromatic carbocycles. The number of nitrogens with one attached hydrogen (secondary N) is 1. The summed E-state index contributed by atoms with van der Waals surface area (Å²) < 4.78 is 12.3. The summed E-state index contributed by atoms with van der Waals surface area (Å²) in [7, 11) is -1.07. The predicted molar refractivity (Wildman–Crippen MR) is 96.5 cm³/mol. The molecule has 0 aliphatic heterocycles. The lowest BCUT2D eigenvalue weighted by Gasteiger charge is -2.54. The normalized spacial score (nSPS) is 35.1. The summed E-state index contributed by atoms with van der Waals surface area (Å²) in [6.07, 6.45) is 9.92. The van der Waals surface area contributed by atoms with Crippen molar-refractivity contribution in [3.05, 3.63) is 11.1 Å². The average Bonchev–Trinajstić information content (AvgIpc) is 3.06. The summed E-state index contributed by atoms with van der Waals surface area (Å²) >= 11 is 1.26. The van der Waals surface area contributed by atoms with Crippen molar-refractivity contribution in [3.63, 3.8) is 0 Å². The molecular formula is C18H26N2O2S2. The maximum absolute atomic E-state index is 12.3. The average molecular weight is 367 g/mol. The summed E-state index contributed by atoms with van der Waals surface area (Å²) in [5.41, 5.74) is 0. The van der Waals surface area contributed by atoms with Crippen molar-refractivity contribution in [2.24, 2.45) is 29.6 Å². The van der Waals surface area contributed by atoms with Gasteiger partial charge in [0.15, 0.2) is 4.34 Å². The molecule has 0 spiro atoms. The van der Waals surface area contributed by atoms with Gasteiger partial charge in [0.1, 0.15) is 4.88 Å². The Kier molecular flexibility index (Phi) is 4.78. The first-order valence-corrected chi connectivity index (χ1v) is 11.4. The standard InChI is InChI=1S/C18H26N2O2S2/c1-2-24(22)18-20-10-16(23-18)17(21)19-4-3-15-13-6-11-5-12(8-13)9-14(15)7-11/h10-15H,2-9H2,1H3,(H,19,21). The first-order chi connectivity index (χ1) is 11.6. The molecule has 1 aromatic heterocycles. The molecule has 4 aliphatic carbocycles. The van der Waals surface area contributed by atoms with E-state index in [9.17, 15) is 9.00 Å². The van der Waals surface area contributed by atoms with Crippen molar-refractivity contribution in [2.45, 2.75) is 49.8 Å². The van der Waals surface area contributed by atoms with Gasteiger partial charge in [-0.2, -0.15) is 0 Å². The minimum absolute atomic E-state index is 0.0596. The highest BCUT2D eigenvalue weighted by Crippen LogP contribution is 2.57.